The Morgan fingerprint density at radius 2 is 1.25 bits per heavy atom. The van der Waals surface area contributed by atoms with E-state index in [2.05, 4.69) is 48.0 Å². The van der Waals surface area contributed by atoms with Gasteiger partial charge in [0, 0.05) is 34.8 Å². The fourth-order valence-electron chi connectivity index (χ4n) is 2.63. The zero-order chi connectivity index (χ0) is 21.3. The van der Waals surface area contributed by atoms with E-state index in [1.165, 1.54) is 9.40 Å². The predicted molar refractivity (Wildman–Crippen MR) is 142 cm³/mol. The first-order valence-electron chi connectivity index (χ1n) is 9.39. The smallest absolute Gasteiger partial charge is 0.124 e. The number of fused-ring (bicyclic) bond motifs is 2. The fourth-order valence-corrected chi connectivity index (χ4v) is 4.51. The van der Waals surface area contributed by atoms with Crippen LogP contribution >= 0.6 is 51.0 Å². The highest BCUT2D eigenvalue weighted by atomic mass is 79.9. The van der Waals surface area contributed by atoms with Crippen LogP contribution in [0.1, 0.15) is 0 Å². The Bertz CT molecular complexity index is 1290. The Hall–Kier alpha value is -2.71. The molecule has 4 nitrogen and oxygen atoms in total. The molecule has 0 aliphatic carbocycles. The van der Waals surface area contributed by atoms with Crippen molar-refractivity contribution in [3.8, 4) is 10.6 Å². The Morgan fingerprint density at radius 1 is 0.656 bits per heavy atom. The number of para-hydroxylation sites is 2. The zero-order valence-corrected chi connectivity index (χ0v) is 20.7. The summed E-state index contributed by atoms with van der Waals surface area (Å²) in [5.74, 6) is 0. The molecule has 0 atom stereocenters. The van der Waals surface area contributed by atoms with Gasteiger partial charge in [0.05, 0.1) is 25.9 Å². The third-order valence-corrected chi connectivity index (χ3v) is 6.52. The molecule has 0 saturated carbocycles. The monoisotopic (exact) mass is 540 g/mol. The summed E-state index contributed by atoms with van der Waals surface area (Å²) in [6, 6.07) is 24.1. The van der Waals surface area contributed by atoms with E-state index in [1.807, 2.05) is 66.2 Å². The van der Waals surface area contributed by atoms with Gasteiger partial charge in [0.2, 0.25) is 0 Å². The summed E-state index contributed by atoms with van der Waals surface area (Å²) in [7, 11) is 0. The van der Waals surface area contributed by atoms with Gasteiger partial charge in [-0.1, -0.05) is 40.2 Å². The van der Waals surface area contributed by atoms with Crippen LogP contribution in [0, 0.1) is 0 Å². The predicted octanol–water partition coefficient (Wildman–Crippen LogP) is 7.92. The second-order valence-corrected chi connectivity index (χ2v) is 9.04. The van der Waals surface area contributed by atoms with Gasteiger partial charge < -0.3 is 0 Å². The Kier molecular flexibility index (Phi) is 9.25. The number of aromatic nitrogens is 4. The third kappa shape index (κ3) is 6.64. The van der Waals surface area contributed by atoms with Crippen LogP contribution in [0.15, 0.2) is 108 Å². The zero-order valence-electron chi connectivity index (χ0n) is 16.7. The maximum absolute atomic E-state index is 4.57. The van der Waals surface area contributed by atoms with Crippen LogP contribution in [0.5, 0.6) is 0 Å². The van der Waals surface area contributed by atoms with Crippen LogP contribution in [0.2, 0.25) is 0 Å². The van der Waals surface area contributed by atoms with E-state index in [0.717, 1.165) is 26.1 Å². The normalized spacial score (nSPS) is 9.78. The third-order valence-electron chi connectivity index (χ3n) is 4.10. The van der Waals surface area contributed by atoms with Crippen molar-refractivity contribution >= 4 is 71.4 Å². The molecule has 0 spiro atoms. The molecule has 0 radical (unpaired) electrons. The van der Waals surface area contributed by atoms with Gasteiger partial charge in [-0.3, -0.25) is 9.97 Å². The Balaban J connectivity index is 0.000000146. The van der Waals surface area contributed by atoms with E-state index in [1.54, 1.807) is 47.5 Å². The number of pyridine rings is 2. The van der Waals surface area contributed by atoms with E-state index in [4.69, 9.17) is 0 Å². The number of thiazole rings is 2. The molecular formula is C24H18BrClN4S2. The molecule has 0 aliphatic rings. The second-order valence-electron chi connectivity index (χ2n) is 6.21. The number of hydrogen-bond donors (Lipinski definition) is 0. The van der Waals surface area contributed by atoms with Gasteiger partial charge in [-0.25, -0.2) is 9.97 Å². The highest BCUT2D eigenvalue weighted by Gasteiger charge is 2.04. The summed E-state index contributed by atoms with van der Waals surface area (Å²) in [5, 5.41) is 1.05. The summed E-state index contributed by atoms with van der Waals surface area (Å²) in [6.45, 7) is 0. The summed E-state index contributed by atoms with van der Waals surface area (Å²) in [4.78, 5) is 16.5. The second kappa shape index (κ2) is 12.4. The van der Waals surface area contributed by atoms with E-state index >= 15 is 0 Å². The molecule has 4 aromatic heterocycles. The van der Waals surface area contributed by atoms with E-state index in [9.17, 15) is 0 Å². The lowest BCUT2D eigenvalue weighted by atomic mass is 10.3. The highest BCUT2D eigenvalue weighted by Crippen LogP contribution is 2.29. The fraction of sp³-hybridized carbons (Fsp3) is 0. The summed E-state index contributed by atoms with van der Waals surface area (Å²) < 4.78 is 3.56. The Labute approximate surface area is 208 Å². The lowest BCUT2D eigenvalue weighted by Gasteiger charge is -1.91. The van der Waals surface area contributed by atoms with Crippen LogP contribution in [-0.4, -0.2) is 19.9 Å². The first-order chi connectivity index (χ1) is 15.3. The average molecular weight is 542 g/mol. The molecule has 6 rings (SSSR count). The molecule has 0 fully saturated rings. The topological polar surface area (TPSA) is 51.6 Å². The van der Waals surface area contributed by atoms with Gasteiger partial charge in [-0.2, -0.15) is 0 Å². The van der Waals surface area contributed by atoms with Crippen molar-refractivity contribution in [1.82, 2.24) is 19.9 Å². The molecule has 8 heteroatoms. The lowest BCUT2D eigenvalue weighted by Crippen LogP contribution is -1.75. The molecule has 4 heterocycles. The summed E-state index contributed by atoms with van der Waals surface area (Å²) in [5.41, 5.74) is 5.16. The quantitative estimate of drug-likeness (QED) is 0.212. The van der Waals surface area contributed by atoms with Gasteiger partial charge in [0.15, 0.2) is 0 Å². The molecule has 160 valence electrons. The molecule has 0 N–H and O–H groups in total. The van der Waals surface area contributed by atoms with Crippen molar-refractivity contribution in [1.29, 1.82) is 0 Å². The van der Waals surface area contributed by atoms with Gasteiger partial charge in [-0.05, 0) is 48.5 Å². The van der Waals surface area contributed by atoms with Crippen molar-refractivity contribution < 1.29 is 0 Å². The average Bonchev–Trinajstić information content (AvgIpc) is 3.48. The van der Waals surface area contributed by atoms with E-state index in [-0.39, 0.29) is 12.4 Å². The molecule has 6 aromatic rings. The van der Waals surface area contributed by atoms with Crippen LogP contribution < -0.4 is 0 Å². The molecule has 0 amide bonds. The maximum atomic E-state index is 4.57. The number of rotatable bonds is 1. The van der Waals surface area contributed by atoms with Crippen molar-refractivity contribution in [2.24, 2.45) is 0 Å². The number of nitrogens with zero attached hydrogens (tertiary/aromatic N) is 4. The molecule has 0 saturated heterocycles. The van der Waals surface area contributed by atoms with Crippen molar-refractivity contribution in [3.63, 3.8) is 0 Å². The van der Waals surface area contributed by atoms with Gasteiger partial charge >= 0.3 is 0 Å². The Morgan fingerprint density at radius 3 is 1.84 bits per heavy atom. The maximum Gasteiger partial charge on any atom is 0.124 e. The van der Waals surface area contributed by atoms with Crippen molar-refractivity contribution in [2.75, 3.05) is 0 Å². The lowest BCUT2D eigenvalue weighted by molar-refractivity contribution is 1.32. The van der Waals surface area contributed by atoms with Crippen LogP contribution in [-0.2, 0) is 0 Å². The van der Waals surface area contributed by atoms with Crippen LogP contribution in [0.4, 0.5) is 0 Å². The van der Waals surface area contributed by atoms with E-state index in [0.29, 0.717) is 0 Å². The minimum atomic E-state index is 0. The van der Waals surface area contributed by atoms with E-state index < -0.39 is 0 Å². The minimum Gasteiger partial charge on any atom is -0.265 e. The van der Waals surface area contributed by atoms with Gasteiger partial charge in [-0.15, -0.1) is 35.1 Å². The van der Waals surface area contributed by atoms with Crippen LogP contribution in [0.25, 0.3) is 31.0 Å². The molecular weight excluding hydrogens is 524 g/mol. The first-order valence-corrected chi connectivity index (χ1v) is 11.9. The molecule has 0 bridgehead atoms. The molecule has 0 unspecified atom stereocenters. The first kappa shape index (κ1) is 23.9. The SMILES string of the molecule is Brc1ccncc1.Cl.c1ccc2sc(-c3ccncc3)nc2c1.c1ccc2scnc2c1. The van der Waals surface area contributed by atoms with Gasteiger partial charge in [0.1, 0.15) is 5.01 Å². The molecule has 2 aromatic carbocycles. The molecule has 32 heavy (non-hydrogen) atoms. The molecule has 0 aliphatic heterocycles. The number of benzene rings is 2. The number of hydrogen-bond acceptors (Lipinski definition) is 6. The van der Waals surface area contributed by atoms with Crippen LogP contribution in [0.3, 0.4) is 0 Å². The standard InChI is InChI=1S/C12H8N2S.C7H5NS.C5H4BrN.ClH/c1-2-4-11-10(3-1)14-12(15-11)9-5-7-13-8-6-9;1-2-4-7-6(3-1)8-5-9-7;6-5-1-3-7-4-2-5;/h1-8H;1-5H;1-4H;1H. The highest BCUT2D eigenvalue weighted by molar-refractivity contribution is 9.10. The summed E-state index contributed by atoms with van der Waals surface area (Å²) in [6.07, 6.45) is 7.07. The largest absolute Gasteiger partial charge is 0.265 e. The van der Waals surface area contributed by atoms with Gasteiger partial charge in [0.25, 0.3) is 0 Å². The van der Waals surface area contributed by atoms with Crippen molar-refractivity contribution in [2.45, 2.75) is 0 Å². The number of halogens is 2. The summed E-state index contributed by atoms with van der Waals surface area (Å²) >= 11 is 6.66. The minimum absolute atomic E-state index is 0. The van der Waals surface area contributed by atoms with Crippen molar-refractivity contribution in [3.05, 3.63) is 108 Å².